The van der Waals surface area contributed by atoms with Crippen molar-refractivity contribution in [1.82, 2.24) is 4.57 Å². The molecule has 0 bridgehead atoms. The minimum Gasteiger partial charge on any atom is -0.374 e. The first kappa shape index (κ1) is 11.7. The van der Waals surface area contributed by atoms with Crippen molar-refractivity contribution in [2.24, 2.45) is 7.05 Å². The van der Waals surface area contributed by atoms with Gasteiger partial charge in [0.25, 0.3) is 0 Å². The molecule has 0 spiro atoms. The van der Waals surface area contributed by atoms with Crippen LogP contribution in [0.2, 0.25) is 0 Å². The molecule has 86 valence electrons. The highest BCUT2D eigenvalue weighted by atomic mass is 79.9. The lowest BCUT2D eigenvalue weighted by Gasteiger charge is -2.06. The van der Waals surface area contributed by atoms with Crippen LogP contribution in [0.4, 0.5) is 0 Å². The fourth-order valence-electron chi connectivity index (χ4n) is 1.82. The van der Waals surface area contributed by atoms with E-state index in [1.54, 1.807) is 0 Å². The minimum atomic E-state index is 0.266. The highest BCUT2D eigenvalue weighted by molar-refractivity contribution is 9.10. The Hall–Kier alpha value is -0.800. The first-order valence-corrected chi connectivity index (χ1v) is 6.22. The monoisotopic (exact) mass is 281 g/mol. The fourth-order valence-corrected chi connectivity index (χ4v) is 2.18. The van der Waals surface area contributed by atoms with Gasteiger partial charge >= 0.3 is 0 Å². The van der Waals surface area contributed by atoms with E-state index in [0.717, 1.165) is 4.47 Å². The zero-order valence-electron chi connectivity index (χ0n) is 9.83. The summed E-state index contributed by atoms with van der Waals surface area (Å²) in [6.45, 7) is 4.79. The van der Waals surface area contributed by atoms with E-state index in [1.807, 2.05) is 0 Å². The molecule has 0 saturated heterocycles. The van der Waals surface area contributed by atoms with Gasteiger partial charge in [-0.15, -0.1) is 0 Å². The van der Waals surface area contributed by atoms with Gasteiger partial charge in [-0.1, -0.05) is 15.9 Å². The Labute approximate surface area is 104 Å². The van der Waals surface area contributed by atoms with Crippen LogP contribution >= 0.6 is 15.9 Å². The third-order valence-electron chi connectivity index (χ3n) is 2.61. The molecule has 0 unspecified atom stereocenters. The van der Waals surface area contributed by atoms with E-state index in [-0.39, 0.29) is 6.10 Å². The normalized spacial score (nSPS) is 11.6. The van der Waals surface area contributed by atoms with Crippen molar-refractivity contribution < 1.29 is 4.74 Å². The molecule has 2 aromatic rings. The quantitative estimate of drug-likeness (QED) is 0.833. The summed E-state index contributed by atoms with van der Waals surface area (Å²) in [5.74, 6) is 0. The average molecular weight is 282 g/mol. The molecule has 2 nitrogen and oxygen atoms in total. The zero-order valence-corrected chi connectivity index (χ0v) is 11.4. The van der Waals surface area contributed by atoms with Gasteiger partial charge in [0.2, 0.25) is 0 Å². The second-order valence-electron chi connectivity index (χ2n) is 4.29. The highest BCUT2D eigenvalue weighted by Gasteiger charge is 2.07. The van der Waals surface area contributed by atoms with Gasteiger partial charge in [-0.25, -0.2) is 0 Å². The Morgan fingerprint density at radius 1 is 1.38 bits per heavy atom. The molecule has 0 aliphatic heterocycles. The predicted octanol–water partition coefficient (Wildman–Crippen LogP) is 3.87. The molecule has 0 saturated carbocycles. The molecular weight excluding hydrogens is 266 g/mol. The maximum atomic E-state index is 5.66. The van der Waals surface area contributed by atoms with Crippen LogP contribution in [0.1, 0.15) is 19.4 Å². The van der Waals surface area contributed by atoms with Crippen molar-refractivity contribution in [3.8, 4) is 0 Å². The molecule has 1 aromatic heterocycles. The van der Waals surface area contributed by atoms with E-state index in [4.69, 9.17) is 4.74 Å². The number of benzene rings is 1. The van der Waals surface area contributed by atoms with Crippen molar-refractivity contribution in [2.75, 3.05) is 0 Å². The first-order chi connectivity index (χ1) is 7.58. The number of aryl methyl sites for hydroxylation is 1. The van der Waals surface area contributed by atoms with Crippen LogP contribution in [0.15, 0.2) is 28.9 Å². The fraction of sp³-hybridized carbons (Fsp3) is 0.385. The van der Waals surface area contributed by atoms with Gasteiger partial charge in [0, 0.05) is 34.2 Å². The lowest BCUT2D eigenvalue weighted by molar-refractivity contribution is 0.0663. The summed E-state index contributed by atoms with van der Waals surface area (Å²) in [5.41, 5.74) is 2.48. The van der Waals surface area contributed by atoms with Crippen molar-refractivity contribution in [3.63, 3.8) is 0 Å². The Morgan fingerprint density at radius 3 is 2.81 bits per heavy atom. The molecule has 2 rings (SSSR count). The van der Waals surface area contributed by atoms with E-state index >= 15 is 0 Å². The second kappa shape index (κ2) is 4.60. The number of aromatic nitrogens is 1. The van der Waals surface area contributed by atoms with Crippen molar-refractivity contribution in [3.05, 3.63) is 34.4 Å². The van der Waals surface area contributed by atoms with Crippen LogP contribution in [0, 0.1) is 0 Å². The molecule has 0 N–H and O–H groups in total. The molecule has 0 fully saturated rings. The summed E-state index contributed by atoms with van der Waals surface area (Å²) < 4.78 is 8.91. The average Bonchev–Trinajstić information content (AvgIpc) is 2.52. The maximum Gasteiger partial charge on any atom is 0.0741 e. The van der Waals surface area contributed by atoms with Gasteiger partial charge in [0.1, 0.15) is 0 Å². The number of hydrogen-bond acceptors (Lipinski definition) is 1. The lowest BCUT2D eigenvalue weighted by Crippen LogP contribution is -2.01. The van der Waals surface area contributed by atoms with Crippen molar-refractivity contribution >= 4 is 26.8 Å². The summed E-state index contributed by atoms with van der Waals surface area (Å²) in [6.07, 6.45) is 2.40. The van der Waals surface area contributed by atoms with E-state index in [0.29, 0.717) is 6.61 Å². The van der Waals surface area contributed by atoms with Crippen LogP contribution in [-0.4, -0.2) is 10.7 Å². The van der Waals surface area contributed by atoms with Crippen LogP contribution in [0.3, 0.4) is 0 Å². The Morgan fingerprint density at radius 2 is 2.12 bits per heavy atom. The summed E-state index contributed by atoms with van der Waals surface area (Å²) in [6, 6.07) is 6.34. The Kier molecular flexibility index (Phi) is 3.36. The number of nitrogens with zero attached hydrogens (tertiary/aromatic N) is 1. The smallest absolute Gasteiger partial charge is 0.0741 e. The molecule has 1 aromatic carbocycles. The summed E-state index contributed by atoms with van der Waals surface area (Å²) >= 11 is 3.51. The van der Waals surface area contributed by atoms with Crippen molar-refractivity contribution in [1.29, 1.82) is 0 Å². The summed E-state index contributed by atoms with van der Waals surface area (Å²) in [5, 5.41) is 1.26. The van der Waals surface area contributed by atoms with Crippen LogP contribution in [0.25, 0.3) is 10.9 Å². The number of ether oxygens (including phenoxy) is 1. The number of halogens is 1. The third-order valence-corrected chi connectivity index (χ3v) is 3.10. The minimum absolute atomic E-state index is 0.266. The van der Waals surface area contributed by atoms with Gasteiger partial charge in [-0.3, -0.25) is 0 Å². The van der Waals surface area contributed by atoms with Crippen LogP contribution < -0.4 is 0 Å². The van der Waals surface area contributed by atoms with Crippen LogP contribution in [0.5, 0.6) is 0 Å². The highest BCUT2D eigenvalue weighted by Crippen LogP contribution is 2.25. The standard InChI is InChI=1S/C13H16BrNO/c1-9(2)16-8-10-7-15(3)13-5-4-11(14)6-12(10)13/h4-7,9H,8H2,1-3H3. The SMILES string of the molecule is CC(C)OCc1cn(C)c2ccc(Br)cc12. The van der Waals surface area contributed by atoms with Crippen LogP contribution in [-0.2, 0) is 18.4 Å². The van der Waals surface area contributed by atoms with E-state index in [1.165, 1.54) is 16.5 Å². The van der Waals surface area contributed by atoms with Gasteiger partial charge in [-0.05, 0) is 32.0 Å². The lowest BCUT2D eigenvalue weighted by atomic mass is 10.2. The van der Waals surface area contributed by atoms with Gasteiger partial charge in [-0.2, -0.15) is 0 Å². The molecule has 3 heteroatoms. The summed E-state index contributed by atoms with van der Waals surface area (Å²) in [7, 11) is 2.06. The number of hydrogen-bond donors (Lipinski definition) is 0. The molecule has 0 atom stereocenters. The third kappa shape index (κ3) is 2.30. The number of rotatable bonds is 3. The first-order valence-electron chi connectivity index (χ1n) is 5.43. The maximum absolute atomic E-state index is 5.66. The molecular formula is C13H16BrNO. The predicted molar refractivity (Wildman–Crippen MR) is 70.5 cm³/mol. The molecule has 0 radical (unpaired) electrons. The number of fused-ring (bicyclic) bond motifs is 1. The topological polar surface area (TPSA) is 14.2 Å². The largest absolute Gasteiger partial charge is 0.374 e. The second-order valence-corrected chi connectivity index (χ2v) is 5.20. The molecule has 0 aliphatic rings. The van der Waals surface area contributed by atoms with Gasteiger partial charge in [0.05, 0.1) is 12.7 Å². The Balaban J connectivity index is 2.41. The molecule has 0 aliphatic carbocycles. The zero-order chi connectivity index (χ0) is 11.7. The molecule has 16 heavy (non-hydrogen) atoms. The van der Waals surface area contributed by atoms with E-state index < -0.39 is 0 Å². The molecule has 1 heterocycles. The van der Waals surface area contributed by atoms with E-state index in [2.05, 4.69) is 65.8 Å². The van der Waals surface area contributed by atoms with Gasteiger partial charge in [0.15, 0.2) is 0 Å². The van der Waals surface area contributed by atoms with E-state index in [9.17, 15) is 0 Å². The van der Waals surface area contributed by atoms with Crippen molar-refractivity contribution in [2.45, 2.75) is 26.6 Å². The molecule has 0 amide bonds. The van der Waals surface area contributed by atoms with Gasteiger partial charge < -0.3 is 9.30 Å². The Bertz CT molecular complexity index is 502. The summed E-state index contributed by atoms with van der Waals surface area (Å²) in [4.78, 5) is 0.